The normalized spacial score (nSPS) is 9.74. The van der Waals surface area contributed by atoms with Crippen molar-refractivity contribution in [3.63, 3.8) is 0 Å². The van der Waals surface area contributed by atoms with Gasteiger partial charge in [-0.2, -0.15) is 5.26 Å². The van der Waals surface area contributed by atoms with Gasteiger partial charge in [0, 0.05) is 4.47 Å². The van der Waals surface area contributed by atoms with Gasteiger partial charge in [-0.05, 0) is 18.2 Å². The molecule has 19 heavy (non-hydrogen) atoms. The van der Waals surface area contributed by atoms with Crippen molar-refractivity contribution in [3.8, 4) is 6.07 Å². The number of carbonyl (C=O) groups is 1. The highest BCUT2D eigenvalue weighted by Gasteiger charge is 2.11. The number of carbonyl (C=O) groups excluding carboxylic acids is 1. The monoisotopic (exact) mass is 336 g/mol. The molecule has 7 heteroatoms. The molecule has 0 unspecified atom stereocenters. The number of hydrogen-bond acceptors (Lipinski definition) is 5. The average molecular weight is 338 g/mol. The minimum atomic E-state index is 0.0584. The fraction of sp³-hybridized carbons (Fsp3) is 0. The maximum absolute atomic E-state index is 11.0. The van der Waals surface area contributed by atoms with Gasteiger partial charge in [0.2, 0.25) is 0 Å². The summed E-state index contributed by atoms with van der Waals surface area (Å²) in [5, 5.41) is 12.0. The van der Waals surface area contributed by atoms with Crippen molar-refractivity contribution in [3.05, 3.63) is 45.3 Å². The molecular weight excluding hydrogens is 332 g/mol. The second-order valence-electron chi connectivity index (χ2n) is 3.47. The third-order valence-electron chi connectivity index (χ3n) is 2.31. The van der Waals surface area contributed by atoms with E-state index in [-0.39, 0.29) is 16.5 Å². The highest BCUT2D eigenvalue weighted by atomic mass is 79.9. The number of rotatable bonds is 3. The van der Waals surface area contributed by atoms with E-state index < -0.39 is 0 Å². The van der Waals surface area contributed by atoms with E-state index in [4.69, 9.17) is 16.9 Å². The summed E-state index contributed by atoms with van der Waals surface area (Å²) in [6, 6.07) is 7.18. The Kier molecular flexibility index (Phi) is 4.10. The smallest absolute Gasteiger partial charge is 0.156 e. The Morgan fingerprint density at radius 1 is 1.42 bits per heavy atom. The third kappa shape index (κ3) is 2.89. The molecule has 0 atom stereocenters. The van der Waals surface area contributed by atoms with E-state index in [1.165, 1.54) is 6.33 Å². The average Bonchev–Trinajstić information content (AvgIpc) is 2.41. The van der Waals surface area contributed by atoms with Gasteiger partial charge >= 0.3 is 0 Å². The van der Waals surface area contributed by atoms with Gasteiger partial charge in [0.15, 0.2) is 6.29 Å². The summed E-state index contributed by atoms with van der Waals surface area (Å²) in [4.78, 5) is 18.6. The van der Waals surface area contributed by atoms with Gasteiger partial charge in [-0.3, -0.25) is 4.79 Å². The molecule has 2 aromatic rings. The summed E-state index contributed by atoms with van der Waals surface area (Å²) < 4.78 is 0.783. The maximum atomic E-state index is 11.0. The second-order valence-corrected chi connectivity index (χ2v) is 4.75. The van der Waals surface area contributed by atoms with E-state index in [9.17, 15) is 4.79 Å². The first-order valence-corrected chi connectivity index (χ1v) is 6.25. The summed E-state index contributed by atoms with van der Waals surface area (Å²) in [6.45, 7) is 0. The van der Waals surface area contributed by atoms with Gasteiger partial charge in [0.1, 0.15) is 23.4 Å². The summed E-state index contributed by atoms with van der Waals surface area (Å²) in [5.41, 5.74) is 1.10. The van der Waals surface area contributed by atoms with Crippen LogP contribution < -0.4 is 5.32 Å². The highest BCUT2D eigenvalue weighted by Crippen LogP contribution is 2.26. The van der Waals surface area contributed by atoms with Crippen LogP contribution in [0.5, 0.6) is 0 Å². The van der Waals surface area contributed by atoms with E-state index in [0.29, 0.717) is 17.5 Å². The van der Waals surface area contributed by atoms with Crippen LogP contribution in [0.1, 0.15) is 15.9 Å². The van der Waals surface area contributed by atoms with Crippen molar-refractivity contribution in [2.24, 2.45) is 0 Å². The zero-order valence-electron chi connectivity index (χ0n) is 9.39. The summed E-state index contributed by atoms with van der Waals surface area (Å²) >= 11 is 9.08. The molecule has 0 bridgehead atoms. The number of anilines is 2. The third-order valence-corrected chi connectivity index (χ3v) is 3.10. The maximum Gasteiger partial charge on any atom is 0.156 e. The van der Waals surface area contributed by atoms with E-state index in [2.05, 4.69) is 37.3 Å². The van der Waals surface area contributed by atoms with Crippen molar-refractivity contribution >= 4 is 45.3 Å². The Hall–Kier alpha value is -1.97. The molecule has 0 radical (unpaired) electrons. The van der Waals surface area contributed by atoms with Crippen LogP contribution in [0.2, 0.25) is 5.15 Å². The van der Waals surface area contributed by atoms with E-state index >= 15 is 0 Å². The molecule has 1 aromatic carbocycles. The molecule has 94 valence electrons. The lowest BCUT2D eigenvalue weighted by molar-refractivity contribution is 0.112. The van der Waals surface area contributed by atoms with E-state index in [0.717, 1.165) is 4.47 Å². The van der Waals surface area contributed by atoms with E-state index in [1.807, 2.05) is 0 Å². The number of aldehydes is 1. The quantitative estimate of drug-likeness (QED) is 0.686. The predicted octanol–water partition coefficient (Wildman–Crippen LogP) is 3.32. The van der Waals surface area contributed by atoms with Crippen LogP contribution in [0.25, 0.3) is 0 Å². The number of halogens is 2. The standard InChI is InChI=1S/C12H6BrClN4O/c13-8-1-2-10(7(3-8)4-15)18-12-9(5-19)11(14)16-6-17-12/h1-3,5-6H,(H,16,17,18). The molecule has 0 aliphatic heterocycles. The number of benzene rings is 1. The van der Waals surface area contributed by atoms with Crippen LogP contribution in [-0.2, 0) is 0 Å². The summed E-state index contributed by atoms with van der Waals surface area (Å²) in [7, 11) is 0. The fourth-order valence-corrected chi connectivity index (χ4v) is 1.96. The molecular formula is C12H6BrClN4O. The summed E-state index contributed by atoms with van der Waals surface area (Å²) in [6.07, 6.45) is 1.80. The van der Waals surface area contributed by atoms with Crippen molar-refractivity contribution in [1.82, 2.24) is 9.97 Å². The van der Waals surface area contributed by atoms with Crippen LogP contribution in [0.3, 0.4) is 0 Å². The van der Waals surface area contributed by atoms with Crippen LogP contribution >= 0.6 is 27.5 Å². The molecule has 0 amide bonds. The molecule has 0 spiro atoms. The number of aromatic nitrogens is 2. The molecule has 5 nitrogen and oxygen atoms in total. The SMILES string of the molecule is N#Cc1cc(Br)ccc1Nc1ncnc(Cl)c1C=O. The zero-order valence-corrected chi connectivity index (χ0v) is 11.7. The molecule has 0 saturated heterocycles. The molecule has 1 heterocycles. The first-order valence-electron chi connectivity index (χ1n) is 5.08. The Labute approximate surface area is 122 Å². The highest BCUT2D eigenvalue weighted by molar-refractivity contribution is 9.10. The molecule has 1 N–H and O–H groups in total. The van der Waals surface area contributed by atoms with Gasteiger partial charge in [-0.15, -0.1) is 0 Å². The van der Waals surface area contributed by atoms with Gasteiger partial charge < -0.3 is 5.32 Å². The molecule has 0 fully saturated rings. The largest absolute Gasteiger partial charge is 0.338 e. The molecule has 2 rings (SSSR count). The van der Waals surface area contributed by atoms with Crippen molar-refractivity contribution < 1.29 is 4.79 Å². The van der Waals surface area contributed by atoms with Gasteiger partial charge in [0.05, 0.1) is 16.8 Å². The minimum Gasteiger partial charge on any atom is -0.338 e. The van der Waals surface area contributed by atoms with Crippen molar-refractivity contribution in [2.75, 3.05) is 5.32 Å². The topological polar surface area (TPSA) is 78.7 Å². The lowest BCUT2D eigenvalue weighted by Gasteiger charge is -2.09. The molecule has 0 saturated carbocycles. The number of nitriles is 1. The van der Waals surface area contributed by atoms with Crippen LogP contribution in [0.4, 0.5) is 11.5 Å². The van der Waals surface area contributed by atoms with Crippen LogP contribution in [0, 0.1) is 11.3 Å². The number of hydrogen-bond donors (Lipinski definition) is 1. The molecule has 0 aliphatic rings. The Morgan fingerprint density at radius 2 is 2.21 bits per heavy atom. The number of nitrogens with zero attached hydrogens (tertiary/aromatic N) is 3. The Balaban J connectivity index is 2.45. The fourth-order valence-electron chi connectivity index (χ4n) is 1.42. The van der Waals surface area contributed by atoms with Gasteiger partial charge in [0.25, 0.3) is 0 Å². The summed E-state index contributed by atoms with van der Waals surface area (Å²) in [5.74, 6) is 0.258. The minimum absolute atomic E-state index is 0.0584. The Morgan fingerprint density at radius 3 is 2.89 bits per heavy atom. The van der Waals surface area contributed by atoms with Crippen LogP contribution in [0.15, 0.2) is 29.0 Å². The van der Waals surface area contributed by atoms with E-state index in [1.54, 1.807) is 18.2 Å². The first kappa shape index (κ1) is 13.5. The first-order chi connectivity index (χ1) is 9.15. The van der Waals surface area contributed by atoms with Gasteiger partial charge in [-0.1, -0.05) is 27.5 Å². The second kappa shape index (κ2) is 5.78. The predicted molar refractivity (Wildman–Crippen MR) is 74.6 cm³/mol. The molecule has 1 aromatic heterocycles. The zero-order chi connectivity index (χ0) is 13.8. The lowest BCUT2D eigenvalue weighted by Crippen LogP contribution is -2.02. The van der Waals surface area contributed by atoms with Crippen molar-refractivity contribution in [1.29, 1.82) is 5.26 Å². The number of nitrogens with one attached hydrogen (secondary N) is 1. The lowest BCUT2D eigenvalue weighted by atomic mass is 10.2. The Bertz CT molecular complexity index is 684. The van der Waals surface area contributed by atoms with Crippen molar-refractivity contribution in [2.45, 2.75) is 0 Å². The van der Waals surface area contributed by atoms with Crippen LogP contribution in [-0.4, -0.2) is 16.3 Å². The van der Waals surface area contributed by atoms with Gasteiger partial charge in [-0.25, -0.2) is 9.97 Å². The molecule has 0 aliphatic carbocycles.